The van der Waals surface area contributed by atoms with Gasteiger partial charge in [0, 0.05) is 25.7 Å². The molecule has 0 saturated carbocycles. The summed E-state index contributed by atoms with van der Waals surface area (Å²) in [6.07, 6.45) is 0. The number of rotatable bonds is 4. The summed E-state index contributed by atoms with van der Waals surface area (Å²) < 4.78 is 6.81. The molecule has 0 spiro atoms. The quantitative estimate of drug-likeness (QED) is 0.787. The van der Waals surface area contributed by atoms with E-state index in [9.17, 15) is 4.79 Å². The second-order valence-corrected chi connectivity index (χ2v) is 5.91. The highest BCUT2D eigenvalue weighted by molar-refractivity contribution is 5.91. The van der Waals surface area contributed by atoms with Crippen LogP contribution in [0, 0.1) is 0 Å². The normalized spacial score (nSPS) is 11.2. The molecule has 9 heteroatoms. The van der Waals surface area contributed by atoms with Crippen molar-refractivity contribution < 1.29 is 9.32 Å². The molecule has 9 nitrogen and oxygen atoms in total. The van der Waals surface area contributed by atoms with Crippen LogP contribution in [0.4, 0.5) is 10.5 Å². The molecule has 24 heavy (non-hydrogen) atoms. The molecule has 0 unspecified atom stereocenters. The van der Waals surface area contributed by atoms with E-state index in [0.717, 1.165) is 11.0 Å². The fourth-order valence-corrected chi connectivity index (χ4v) is 2.19. The van der Waals surface area contributed by atoms with Gasteiger partial charge in [-0.2, -0.15) is 4.98 Å². The number of hydrogen-bond acceptors (Lipinski definition) is 6. The molecule has 0 fully saturated rings. The molecule has 0 atom stereocenters. The highest BCUT2D eigenvalue weighted by Gasteiger charge is 2.15. The predicted molar refractivity (Wildman–Crippen MR) is 87.4 cm³/mol. The minimum absolute atomic E-state index is 0.157. The zero-order valence-electron chi connectivity index (χ0n) is 14.0. The van der Waals surface area contributed by atoms with E-state index >= 15 is 0 Å². The number of urea groups is 1. The third-order valence-corrected chi connectivity index (χ3v) is 3.56. The largest absolute Gasteiger partial charge is 0.339 e. The Morgan fingerprint density at radius 1 is 1.42 bits per heavy atom. The molecule has 126 valence electrons. The molecule has 3 rings (SSSR count). The molecular formula is C15H19N7O2. The molecule has 0 radical (unpaired) electrons. The van der Waals surface area contributed by atoms with Crippen LogP contribution in [0.1, 0.15) is 31.5 Å². The topological polar surface area (TPSA) is 102 Å². The van der Waals surface area contributed by atoms with Crippen molar-refractivity contribution in [2.75, 3.05) is 12.4 Å². The average molecular weight is 329 g/mol. The van der Waals surface area contributed by atoms with Crippen LogP contribution in [-0.4, -0.2) is 43.1 Å². The maximum atomic E-state index is 12.3. The van der Waals surface area contributed by atoms with Crippen LogP contribution >= 0.6 is 0 Å². The van der Waals surface area contributed by atoms with Crippen LogP contribution in [0.25, 0.3) is 11.0 Å². The Balaban J connectivity index is 1.66. The molecule has 0 aliphatic heterocycles. The summed E-state index contributed by atoms with van der Waals surface area (Å²) >= 11 is 0. The zero-order valence-corrected chi connectivity index (χ0v) is 14.0. The second-order valence-electron chi connectivity index (χ2n) is 5.91. The second kappa shape index (κ2) is 6.26. The van der Waals surface area contributed by atoms with Gasteiger partial charge in [0.1, 0.15) is 5.52 Å². The van der Waals surface area contributed by atoms with Crippen LogP contribution in [0.15, 0.2) is 22.7 Å². The van der Waals surface area contributed by atoms with E-state index < -0.39 is 0 Å². The first-order valence-corrected chi connectivity index (χ1v) is 7.58. The Labute approximate surface area is 138 Å². The number of aryl methyl sites for hydroxylation is 1. The van der Waals surface area contributed by atoms with Gasteiger partial charge in [-0.25, -0.2) is 9.48 Å². The van der Waals surface area contributed by atoms with E-state index in [0.29, 0.717) is 17.4 Å². The number of hydrogen-bond donors (Lipinski definition) is 1. The standard InChI is InChI=1S/C15H19N7O2/c1-9(2)14-17-13(19-24-14)8-21(3)15(23)16-10-5-6-12-11(7-10)18-20-22(12)4/h5-7,9H,8H2,1-4H3,(H,16,23). The van der Waals surface area contributed by atoms with E-state index in [1.165, 1.54) is 4.90 Å². The van der Waals surface area contributed by atoms with Gasteiger partial charge in [-0.1, -0.05) is 24.2 Å². The van der Waals surface area contributed by atoms with Crippen molar-refractivity contribution >= 4 is 22.8 Å². The molecule has 2 aromatic heterocycles. The van der Waals surface area contributed by atoms with Gasteiger partial charge in [0.25, 0.3) is 0 Å². The van der Waals surface area contributed by atoms with Crippen LogP contribution in [-0.2, 0) is 13.6 Å². The molecule has 0 aliphatic carbocycles. The van der Waals surface area contributed by atoms with Crippen LogP contribution < -0.4 is 5.32 Å². The number of anilines is 1. The molecule has 2 heterocycles. The number of nitrogens with zero attached hydrogens (tertiary/aromatic N) is 6. The minimum atomic E-state index is -0.269. The van der Waals surface area contributed by atoms with Gasteiger partial charge in [-0.15, -0.1) is 5.10 Å². The molecule has 1 N–H and O–H groups in total. The fourth-order valence-electron chi connectivity index (χ4n) is 2.19. The summed E-state index contributed by atoms with van der Waals surface area (Å²) in [4.78, 5) is 18.0. The zero-order chi connectivity index (χ0) is 17.3. The Kier molecular flexibility index (Phi) is 4.15. The molecule has 0 bridgehead atoms. The maximum Gasteiger partial charge on any atom is 0.321 e. The summed E-state index contributed by atoms with van der Waals surface area (Å²) in [5.74, 6) is 1.19. The Morgan fingerprint density at radius 2 is 2.21 bits per heavy atom. The minimum Gasteiger partial charge on any atom is -0.339 e. The number of benzene rings is 1. The summed E-state index contributed by atoms with van der Waals surface area (Å²) in [7, 11) is 3.49. The van der Waals surface area contributed by atoms with Crippen molar-refractivity contribution in [3.8, 4) is 0 Å². The number of aromatic nitrogens is 5. The molecule has 1 aromatic carbocycles. The summed E-state index contributed by atoms with van der Waals surface area (Å²) in [6.45, 7) is 4.20. The van der Waals surface area contributed by atoms with Crippen molar-refractivity contribution in [1.29, 1.82) is 0 Å². The lowest BCUT2D eigenvalue weighted by atomic mass is 10.2. The third-order valence-electron chi connectivity index (χ3n) is 3.56. The molecular weight excluding hydrogens is 310 g/mol. The number of fused-ring (bicyclic) bond motifs is 1. The number of amides is 2. The number of carbonyl (C=O) groups excluding carboxylic acids is 1. The van der Waals surface area contributed by atoms with Crippen molar-refractivity contribution in [3.05, 3.63) is 29.9 Å². The van der Waals surface area contributed by atoms with Crippen LogP contribution in [0.5, 0.6) is 0 Å². The summed E-state index contributed by atoms with van der Waals surface area (Å²) in [5.41, 5.74) is 2.27. The fraction of sp³-hybridized carbons (Fsp3) is 0.400. The number of nitrogens with one attached hydrogen (secondary N) is 1. The van der Waals surface area contributed by atoms with Gasteiger partial charge in [-0.3, -0.25) is 0 Å². The highest BCUT2D eigenvalue weighted by Crippen LogP contribution is 2.17. The molecule has 3 aromatic rings. The Bertz CT molecular complexity index is 868. The summed E-state index contributed by atoms with van der Waals surface area (Å²) in [6, 6.07) is 5.18. The van der Waals surface area contributed by atoms with Gasteiger partial charge in [0.2, 0.25) is 5.89 Å². The Hall–Kier alpha value is -2.97. The first kappa shape index (κ1) is 15.9. The SMILES string of the molecule is CC(C)c1nc(CN(C)C(=O)Nc2ccc3c(c2)nnn3C)no1. The monoisotopic (exact) mass is 329 g/mol. The predicted octanol–water partition coefficient (Wildman–Crippen LogP) is 2.14. The average Bonchev–Trinajstić information content (AvgIpc) is 3.14. The molecule has 0 saturated heterocycles. The lowest BCUT2D eigenvalue weighted by Gasteiger charge is -2.16. The Morgan fingerprint density at radius 3 is 2.92 bits per heavy atom. The van der Waals surface area contributed by atoms with E-state index in [2.05, 4.69) is 25.8 Å². The van der Waals surface area contributed by atoms with Gasteiger partial charge in [0.15, 0.2) is 5.82 Å². The smallest absolute Gasteiger partial charge is 0.321 e. The lowest BCUT2D eigenvalue weighted by molar-refractivity contribution is 0.219. The lowest BCUT2D eigenvalue weighted by Crippen LogP contribution is -2.31. The van der Waals surface area contributed by atoms with E-state index in [1.807, 2.05) is 33.0 Å². The first-order valence-electron chi connectivity index (χ1n) is 7.58. The van der Waals surface area contributed by atoms with Crippen molar-refractivity contribution in [1.82, 2.24) is 30.0 Å². The molecule has 0 aliphatic rings. The van der Waals surface area contributed by atoms with Crippen LogP contribution in [0.3, 0.4) is 0 Å². The first-order chi connectivity index (χ1) is 11.4. The van der Waals surface area contributed by atoms with Gasteiger partial charge in [0.05, 0.1) is 12.1 Å². The van der Waals surface area contributed by atoms with E-state index in [4.69, 9.17) is 4.52 Å². The van der Waals surface area contributed by atoms with Crippen molar-refractivity contribution in [2.45, 2.75) is 26.3 Å². The van der Waals surface area contributed by atoms with E-state index in [1.54, 1.807) is 17.8 Å². The number of carbonyl (C=O) groups is 1. The van der Waals surface area contributed by atoms with Gasteiger partial charge in [-0.05, 0) is 18.2 Å². The third kappa shape index (κ3) is 3.19. The van der Waals surface area contributed by atoms with Crippen molar-refractivity contribution in [3.63, 3.8) is 0 Å². The van der Waals surface area contributed by atoms with Crippen molar-refractivity contribution in [2.24, 2.45) is 7.05 Å². The van der Waals surface area contributed by atoms with Crippen LogP contribution in [0.2, 0.25) is 0 Å². The highest BCUT2D eigenvalue weighted by atomic mass is 16.5. The maximum absolute atomic E-state index is 12.3. The molecule has 2 amide bonds. The van der Waals surface area contributed by atoms with Gasteiger partial charge >= 0.3 is 6.03 Å². The van der Waals surface area contributed by atoms with E-state index in [-0.39, 0.29) is 18.5 Å². The van der Waals surface area contributed by atoms with Gasteiger partial charge < -0.3 is 14.7 Å². The summed E-state index contributed by atoms with van der Waals surface area (Å²) in [5, 5.41) is 14.7.